The molecule has 0 bridgehead atoms. The van der Waals surface area contributed by atoms with Gasteiger partial charge < -0.3 is 0 Å². The van der Waals surface area contributed by atoms with Crippen LogP contribution >= 0.6 is 0 Å². The number of hydrogen-bond acceptors (Lipinski definition) is 1. The molecule has 0 heterocycles. The van der Waals surface area contributed by atoms with Crippen LogP contribution in [0.3, 0.4) is 0 Å². The molecule has 76 valence electrons. The van der Waals surface area contributed by atoms with Gasteiger partial charge in [0.15, 0.2) is 0 Å². The minimum Gasteiger partial charge on any atom is -0.296 e. The van der Waals surface area contributed by atoms with Gasteiger partial charge in [-0.05, 0) is 17.7 Å². The fourth-order valence-corrected chi connectivity index (χ4v) is 0.989. The van der Waals surface area contributed by atoms with E-state index in [1.54, 1.807) is 0 Å². The Morgan fingerprint density at radius 3 is 2.43 bits per heavy atom. The van der Waals surface area contributed by atoms with Crippen molar-refractivity contribution in [3.63, 3.8) is 0 Å². The lowest BCUT2D eigenvalue weighted by Gasteiger charge is -2.07. The van der Waals surface area contributed by atoms with Gasteiger partial charge in [0.1, 0.15) is 5.82 Å². The van der Waals surface area contributed by atoms with E-state index >= 15 is 0 Å². The number of alkyl halides is 3. The van der Waals surface area contributed by atoms with Crippen molar-refractivity contribution < 1.29 is 17.6 Å². The summed E-state index contributed by atoms with van der Waals surface area (Å²) in [6.07, 6.45) is -3.43. The summed E-state index contributed by atoms with van der Waals surface area (Å²) < 4.78 is 49.3. The Labute approximate surface area is 78.1 Å². The Hall–Kier alpha value is -1.39. The highest BCUT2D eigenvalue weighted by atomic mass is 19.4. The van der Waals surface area contributed by atoms with Gasteiger partial charge in [-0.25, -0.2) is 4.39 Å². The highest BCUT2D eigenvalue weighted by Crippen LogP contribution is 2.31. The van der Waals surface area contributed by atoms with Crippen LogP contribution < -0.4 is 0 Å². The lowest BCUT2D eigenvalue weighted by Crippen LogP contribution is -2.08. The molecule has 1 rings (SSSR count). The first kappa shape index (κ1) is 10.7. The van der Waals surface area contributed by atoms with Crippen LogP contribution in [0.25, 0.3) is 0 Å². The number of hydrogen-bond donors (Lipinski definition) is 0. The molecule has 0 radical (unpaired) electrons. The Kier molecular flexibility index (Phi) is 2.88. The third-order valence-corrected chi connectivity index (χ3v) is 1.57. The molecule has 0 spiro atoms. The zero-order valence-electron chi connectivity index (χ0n) is 7.27. The monoisotopic (exact) mass is 205 g/mol. The maximum atomic E-state index is 12.7. The van der Waals surface area contributed by atoms with Crippen molar-refractivity contribution in [3.05, 3.63) is 35.1 Å². The van der Waals surface area contributed by atoms with Crippen LogP contribution in [-0.4, -0.2) is 13.3 Å². The molecule has 0 aliphatic heterocycles. The summed E-state index contributed by atoms with van der Waals surface area (Å²) in [4.78, 5) is 3.54. The summed E-state index contributed by atoms with van der Waals surface area (Å²) >= 11 is 0. The average Bonchev–Trinajstić information content (AvgIpc) is 2.07. The number of aliphatic imine (C=N–C) groups is 1. The van der Waals surface area contributed by atoms with E-state index in [9.17, 15) is 17.6 Å². The summed E-state index contributed by atoms with van der Waals surface area (Å²) in [6, 6.07) is 2.74. The van der Waals surface area contributed by atoms with Crippen molar-refractivity contribution in [2.24, 2.45) is 4.99 Å². The van der Waals surface area contributed by atoms with Crippen molar-refractivity contribution in [1.82, 2.24) is 0 Å². The van der Waals surface area contributed by atoms with Gasteiger partial charge in [-0.2, -0.15) is 13.2 Å². The van der Waals surface area contributed by atoms with Crippen molar-refractivity contribution >= 4 is 6.21 Å². The van der Waals surface area contributed by atoms with Crippen LogP contribution in [0, 0.1) is 5.82 Å². The zero-order valence-corrected chi connectivity index (χ0v) is 7.27. The molecule has 1 aromatic carbocycles. The maximum absolute atomic E-state index is 12.7. The molecule has 0 saturated heterocycles. The van der Waals surface area contributed by atoms with E-state index in [0.29, 0.717) is 0 Å². The van der Waals surface area contributed by atoms with Gasteiger partial charge in [-0.1, -0.05) is 6.07 Å². The van der Waals surface area contributed by atoms with Gasteiger partial charge >= 0.3 is 6.18 Å². The highest BCUT2D eigenvalue weighted by molar-refractivity contribution is 5.79. The molecule has 1 nitrogen and oxygen atoms in total. The van der Waals surface area contributed by atoms with Crippen molar-refractivity contribution in [1.29, 1.82) is 0 Å². The molecule has 1 aromatic rings. The lowest BCUT2D eigenvalue weighted by molar-refractivity contribution is -0.140. The normalized spacial score (nSPS) is 12.4. The summed E-state index contributed by atoms with van der Waals surface area (Å²) in [5.41, 5.74) is -1.05. The molecule has 14 heavy (non-hydrogen) atoms. The SMILES string of the molecule is C/N=C/c1ccc(F)c(C(F)(F)F)c1. The largest absolute Gasteiger partial charge is 0.419 e. The topological polar surface area (TPSA) is 12.4 Å². The molecular formula is C9H7F4N. The summed E-state index contributed by atoms with van der Waals surface area (Å²) in [5, 5.41) is 0. The first-order chi connectivity index (χ1) is 6.45. The molecule has 0 atom stereocenters. The highest BCUT2D eigenvalue weighted by Gasteiger charge is 2.33. The molecule has 0 aliphatic carbocycles. The number of nitrogens with zero attached hydrogens (tertiary/aromatic N) is 1. The molecule has 0 saturated carbocycles. The van der Waals surface area contributed by atoms with E-state index in [2.05, 4.69) is 4.99 Å². The minimum atomic E-state index is -4.67. The lowest BCUT2D eigenvalue weighted by atomic mass is 10.1. The molecule has 0 aliphatic rings. The predicted octanol–water partition coefficient (Wildman–Crippen LogP) is 2.89. The Bertz CT molecular complexity index is 354. The Morgan fingerprint density at radius 1 is 1.29 bits per heavy atom. The van der Waals surface area contributed by atoms with E-state index in [1.807, 2.05) is 0 Å². The predicted molar refractivity (Wildman–Crippen MR) is 44.9 cm³/mol. The van der Waals surface area contributed by atoms with Crippen LogP contribution in [0.15, 0.2) is 23.2 Å². The third kappa shape index (κ3) is 2.31. The second-order valence-electron chi connectivity index (χ2n) is 2.62. The van der Waals surface area contributed by atoms with E-state index < -0.39 is 17.6 Å². The van der Waals surface area contributed by atoms with Gasteiger partial charge in [-0.3, -0.25) is 4.99 Å². The molecular weight excluding hydrogens is 198 g/mol. The van der Waals surface area contributed by atoms with Crippen LogP contribution in [0.2, 0.25) is 0 Å². The quantitative estimate of drug-likeness (QED) is 0.493. The first-order valence-electron chi connectivity index (χ1n) is 3.74. The van der Waals surface area contributed by atoms with Gasteiger partial charge in [0.05, 0.1) is 5.56 Å². The van der Waals surface area contributed by atoms with Crippen LogP contribution in [0.4, 0.5) is 17.6 Å². The maximum Gasteiger partial charge on any atom is 0.419 e. The zero-order chi connectivity index (χ0) is 10.8. The third-order valence-electron chi connectivity index (χ3n) is 1.57. The van der Waals surface area contributed by atoms with Crippen molar-refractivity contribution in [2.75, 3.05) is 7.05 Å². The molecule has 5 heteroatoms. The summed E-state index contributed by atoms with van der Waals surface area (Å²) in [7, 11) is 1.43. The number of rotatable bonds is 1. The first-order valence-corrected chi connectivity index (χ1v) is 3.74. The second-order valence-corrected chi connectivity index (χ2v) is 2.62. The van der Waals surface area contributed by atoms with Crippen molar-refractivity contribution in [2.45, 2.75) is 6.18 Å². The van der Waals surface area contributed by atoms with E-state index in [1.165, 1.54) is 19.3 Å². The second kappa shape index (κ2) is 3.77. The fraction of sp³-hybridized carbons (Fsp3) is 0.222. The minimum absolute atomic E-state index is 0.223. The van der Waals surface area contributed by atoms with Gasteiger partial charge in [0, 0.05) is 13.3 Å². The Balaban J connectivity index is 3.22. The van der Waals surface area contributed by atoms with E-state index in [-0.39, 0.29) is 5.56 Å². The van der Waals surface area contributed by atoms with Crippen LogP contribution in [0.5, 0.6) is 0 Å². The van der Waals surface area contributed by atoms with Crippen molar-refractivity contribution in [3.8, 4) is 0 Å². The summed E-state index contributed by atoms with van der Waals surface area (Å²) in [6.45, 7) is 0. The molecule has 0 fully saturated rings. The molecule has 0 unspecified atom stereocenters. The van der Waals surface area contributed by atoms with E-state index in [4.69, 9.17) is 0 Å². The smallest absolute Gasteiger partial charge is 0.296 e. The van der Waals surface area contributed by atoms with Crippen LogP contribution in [-0.2, 0) is 6.18 Å². The number of halogens is 4. The average molecular weight is 205 g/mol. The standard InChI is InChI=1S/C9H7F4N/c1-14-5-6-2-3-8(10)7(4-6)9(11,12)13/h2-5H,1H3/b14-5+. The van der Waals surface area contributed by atoms with Gasteiger partial charge in [-0.15, -0.1) is 0 Å². The van der Waals surface area contributed by atoms with E-state index in [0.717, 1.165) is 12.1 Å². The molecule has 0 N–H and O–H groups in total. The van der Waals surface area contributed by atoms with Crippen LogP contribution in [0.1, 0.15) is 11.1 Å². The fourth-order valence-electron chi connectivity index (χ4n) is 0.989. The Morgan fingerprint density at radius 2 is 1.93 bits per heavy atom. The molecule has 0 amide bonds. The van der Waals surface area contributed by atoms with Gasteiger partial charge in [0.25, 0.3) is 0 Å². The summed E-state index contributed by atoms with van der Waals surface area (Å²) in [5.74, 6) is -1.27. The molecule has 0 aromatic heterocycles. The van der Waals surface area contributed by atoms with Gasteiger partial charge in [0.2, 0.25) is 0 Å². The number of benzene rings is 1.